The van der Waals surface area contributed by atoms with Gasteiger partial charge in [-0.15, -0.1) is 0 Å². The Bertz CT molecular complexity index is 1410. The SMILES string of the molecule is O=C(NC(c1ccccc1)c1ccccc1)c1cccc(NC2c3ccccc3C(=O)N2CC2CCCO2)c1. The number of hydrogen-bond acceptors (Lipinski definition) is 4. The highest BCUT2D eigenvalue weighted by Crippen LogP contribution is 2.35. The van der Waals surface area contributed by atoms with Crippen molar-refractivity contribution in [1.82, 2.24) is 10.2 Å². The van der Waals surface area contributed by atoms with E-state index in [-0.39, 0.29) is 30.1 Å². The fraction of sp³-hybridized carbons (Fsp3) is 0.212. The van der Waals surface area contributed by atoms with Gasteiger partial charge in [0.2, 0.25) is 0 Å². The fourth-order valence-corrected chi connectivity index (χ4v) is 5.49. The minimum atomic E-state index is -0.336. The van der Waals surface area contributed by atoms with Gasteiger partial charge in [-0.1, -0.05) is 84.9 Å². The lowest BCUT2D eigenvalue weighted by molar-refractivity contribution is 0.0488. The molecule has 1 fully saturated rings. The minimum Gasteiger partial charge on any atom is -0.376 e. The highest BCUT2D eigenvalue weighted by Gasteiger charge is 2.38. The van der Waals surface area contributed by atoms with Crippen molar-refractivity contribution in [3.05, 3.63) is 137 Å². The van der Waals surface area contributed by atoms with Gasteiger partial charge in [-0.05, 0) is 48.2 Å². The predicted octanol–water partition coefficient (Wildman–Crippen LogP) is 5.95. The molecule has 2 atom stereocenters. The van der Waals surface area contributed by atoms with Gasteiger partial charge < -0.3 is 20.3 Å². The minimum absolute atomic E-state index is 0.000983. The smallest absolute Gasteiger partial charge is 0.256 e. The maximum Gasteiger partial charge on any atom is 0.256 e. The number of fused-ring (bicyclic) bond motifs is 1. The van der Waals surface area contributed by atoms with Gasteiger partial charge in [0.25, 0.3) is 11.8 Å². The largest absolute Gasteiger partial charge is 0.376 e. The zero-order valence-corrected chi connectivity index (χ0v) is 21.6. The van der Waals surface area contributed by atoms with Gasteiger partial charge in [0.15, 0.2) is 0 Å². The highest BCUT2D eigenvalue weighted by molar-refractivity contribution is 6.00. The van der Waals surface area contributed by atoms with Crippen molar-refractivity contribution in [1.29, 1.82) is 0 Å². The Morgan fingerprint density at radius 3 is 2.26 bits per heavy atom. The van der Waals surface area contributed by atoms with Gasteiger partial charge in [0.05, 0.1) is 12.1 Å². The standard InChI is InChI=1S/C33H31N3O3/c37-32(35-30(23-11-3-1-4-12-23)24-13-5-2-6-14-24)25-15-9-16-26(21-25)34-31-28-18-7-8-19-29(28)33(38)36(31)22-27-17-10-20-39-27/h1-9,11-16,18-19,21,27,30-31,34H,10,17,20,22H2,(H,35,37). The van der Waals surface area contributed by atoms with E-state index in [1.165, 1.54) is 0 Å². The Morgan fingerprint density at radius 2 is 1.56 bits per heavy atom. The van der Waals surface area contributed by atoms with Gasteiger partial charge in [-0.2, -0.15) is 0 Å². The van der Waals surface area contributed by atoms with Crippen LogP contribution in [-0.2, 0) is 4.74 Å². The molecular formula is C33H31N3O3. The Balaban J connectivity index is 1.24. The second kappa shape index (κ2) is 11.1. The molecule has 4 aromatic rings. The lowest BCUT2D eigenvalue weighted by Crippen LogP contribution is -2.38. The Morgan fingerprint density at radius 1 is 0.872 bits per heavy atom. The number of amides is 2. The summed E-state index contributed by atoms with van der Waals surface area (Å²) in [5.41, 5.74) is 4.97. The normalized spacial score (nSPS) is 18.3. The third-order valence-corrected chi connectivity index (χ3v) is 7.45. The van der Waals surface area contributed by atoms with Crippen molar-refractivity contribution in [2.75, 3.05) is 18.5 Å². The average molecular weight is 518 g/mol. The lowest BCUT2D eigenvalue weighted by Gasteiger charge is -2.29. The van der Waals surface area contributed by atoms with Gasteiger partial charge in [-0.25, -0.2) is 0 Å². The Kier molecular flexibility index (Phi) is 7.11. The average Bonchev–Trinajstić information content (AvgIpc) is 3.60. The van der Waals surface area contributed by atoms with Crippen molar-refractivity contribution < 1.29 is 14.3 Å². The maximum atomic E-state index is 13.5. The number of carbonyl (C=O) groups excluding carboxylic acids is 2. The van der Waals surface area contributed by atoms with Crippen LogP contribution in [0.5, 0.6) is 0 Å². The number of carbonyl (C=O) groups is 2. The molecule has 6 rings (SSSR count). The second-order valence-electron chi connectivity index (χ2n) is 10.0. The van der Waals surface area contributed by atoms with Crippen LogP contribution < -0.4 is 10.6 Å². The molecule has 0 aromatic heterocycles. The van der Waals surface area contributed by atoms with Crippen LogP contribution in [0.1, 0.15) is 62.5 Å². The summed E-state index contributed by atoms with van der Waals surface area (Å²) >= 11 is 0. The highest BCUT2D eigenvalue weighted by atomic mass is 16.5. The zero-order chi connectivity index (χ0) is 26.6. The number of nitrogens with zero attached hydrogens (tertiary/aromatic N) is 1. The first-order chi connectivity index (χ1) is 19.2. The van der Waals surface area contributed by atoms with Crippen molar-refractivity contribution in [3.8, 4) is 0 Å². The number of rotatable bonds is 8. The first-order valence-corrected chi connectivity index (χ1v) is 13.5. The third-order valence-electron chi connectivity index (χ3n) is 7.45. The van der Waals surface area contributed by atoms with Crippen LogP contribution in [-0.4, -0.2) is 36.0 Å². The first-order valence-electron chi connectivity index (χ1n) is 13.5. The van der Waals surface area contributed by atoms with Crippen LogP contribution in [0.15, 0.2) is 109 Å². The number of anilines is 1. The number of nitrogens with one attached hydrogen (secondary N) is 2. The summed E-state index contributed by atoms with van der Waals surface area (Å²) in [7, 11) is 0. The van der Waals surface area contributed by atoms with E-state index < -0.39 is 0 Å². The Labute approximate surface area is 228 Å². The molecule has 2 heterocycles. The summed E-state index contributed by atoms with van der Waals surface area (Å²) in [4.78, 5) is 28.7. The molecular weight excluding hydrogens is 486 g/mol. The molecule has 0 radical (unpaired) electrons. The molecule has 196 valence electrons. The molecule has 0 saturated carbocycles. The molecule has 2 N–H and O–H groups in total. The molecule has 2 aliphatic heterocycles. The number of hydrogen-bond donors (Lipinski definition) is 2. The van der Waals surface area contributed by atoms with Crippen LogP contribution in [0.3, 0.4) is 0 Å². The van der Waals surface area contributed by atoms with Crippen LogP contribution in [0.4, 0.5) is 5.69 Å². The molecule has 6 nitrogen and oxygen atoms in total. The first kappa shape index (κ1) is 24.9. The summed E-state index contributed by atoms with van der Waals surface area (Å²) in [6.07, 6.45) is 1.67. The summed E-state index contributed by atoms with van der Waals surface area (Å²) < 4.78 is 5.85. The molecule has 39 heavy (non-hydrogen) atoms. The van der Waals surface area contributed by atoms with Crippen molar-refractivity contribution >= 4 is 17.5 Å². The van der Waals surface area contributed by atoms with Crippen LogP contribution in [0.2, 0.25) is 0 Å². The number of benzene rings is 4. The van der Waals surface area contributed by atoms with E-state index in [0.29, 0.717) is 17.7 Å². The van der Waals surface area contributed by atoms with Crippen molar-refractivity contribution in [2.45, 2.75) is 31.2 Å². The molecule has 0 bridgehead atoms. The third kappa shape index (κ3) is 5.29. The van der Waals surface area contributed by atoms with Gasteiger partial charge in [0, 0.05) is 35.5 Å². The molecule has 4 aromatic carbocycles. The lowest BCUT2D eigenvalue weighted by atomic mass is 9.98. The van der Waals surface area contributed by atoms with Crippen molar-refractivity contribution in [3.63, 3.8) is 0 Å². The monoisotopic (exact) mass is 517 g/mol. The molecule has 0 aliphatic carbocycles. The summed E-state index contributed by atoms with van der Waals surface area (Å²) in [5, 5.41) is 6.75. The summed E-state index contributed by atoms with van der Waals surface area (Å²) in [6.45, 7) is 1.27. The molecule has 2 aliphatic rings. The summed E-state index contributed by atoms with van der Waals surface area (Å²) in [5.74, 6) is -0.170. The van der Waals surface area contributed by atoms with E-state index in [9.17, 15) is 9.59 Å². The molecule has 2 unspecified atom stereocenters. The van der Waals surface area contributed by atoms with E-state index in [1.807, 2.05) is 114 Å². The maximum absolute atomic E-state index is 13.5. The van der Waals surface area contributed by atoms with Gasteiger partial charge in [0.1, 0.15) is 6.17 Å². The molecule has 6 heteroatoms. The van der Waals surface area contributed by atoms with E-state index in [4.69, 9.17) is 4.74 Å². The van der Waals surface area contributed by atoms with E-state index in [2.05, 4.69) is 10.6 Å². The summed E-state index contributed by atoms with van der Waals surface area (Å²) in [6, 6.07) is 34.8. The van der Waals surface area contributed by atoms with Crippen LogP contribution in [0.25, 0.3) is 0 Å². The van der Waals surface area contributed by atoms with E-state index in [0.717, 1.165) is 41.8 Å². The van der Waals surface area contributed by atoms with Crippen LogP contribution in [0, 0.1) is 0 Å². The van der Waals surface area contributed by atoms with Gasteiger partial charge in [-0.3, -0.25) is 9.59 Å². The van der Waals surface area contributed by atoms with Crippen LogP contribution >= 0.6 is 0 Å². The number of ether oxygens (including phenoxy) is 1. The quantitative estimate of drug-likeness (QED) is 0.303. The van der Waals surface area contributed by atoms with Gasteiger partial charge >= 0.3 is 0 Å². The predicted molar refractivity (Wildman–Crippen MR) is 151 cm³/mol. The fourth-order valence-electron chi connectivity index (χ4n) is 5.49. The molecule has 2 amide bonds. The topological polar surface area (TPSA) is 70.7 Å². The van der Waals surface area contributed by atoms with E-state index >= 15 is 0 Å². The zero-order valence-electron chi connectivity index (χ0n) is 21.6. The Hall–Kier alpha value is -4.42. The van der Waals surface area contributed by atoms with E-state index in [1.54, 1.807) is 0 Å². The van der Waals surface area contributed by atoms with Crippen molar-refractivity contribution in [2.24, 2.45) is 0 Å². The molecule has 1 saturated heterocycles. The second-order valence-corrected chi connectivity index (χ2v) is 10.0. The molecule has 0 spiro atoms.